The molecule has 1 aliphatic heterocycles. The Morgan fingerprint density at radius 2 is 2.00 bits per heavy atom. The Hall–Kier alpha value is -2.08. The summed E-state index contributed by atoms with van der Waals surface area (Å²) >= 11 is 0. The Kier molecular flexibility index (Phi) is 4.57. The number of hydrogen-bond donors (Lipinski definition) is 2. The van der Waals surface area contributed by atoms with Gasteiger partial charge in [-0.3, -0.25) is 9.59 Å². The van der Waals surface area contributed by atoms with E-state index >= 15 is 0 Å². The molecule has 2 amide bonds. The average Bonchev–Trinajstić information content (AvgIpc) is 2.93. The number of nitrogens with two attached hydrogens (primary N) is 2. The maximum Gasteiger partial charge on any atom is 0.255 e. The van der Waals surface area contributed by atoms with Crippen molar-refractivity contribution in [3.8, 4) is 5.75 Å². The van der Waals surface area contributed by atoms with Crippen molar-refractivity contribution in [1.82, 2.24) is 4.90 Å². The predicted octanol–water partition coefficient (Wildman–Crippen LogP) is 0.114. The predicted molar refractivity (Wildman–Crippen MR) is 74.2 cm³/mol. The molecule has 108 valence electrons. The van der Waals surface area contributed by atoms with Crippen molar-refractivity contribution >= 4 is 11.8 Å². The highest BCUT2D eigenvalue weighted by molar-refractivity contribution is 5.94. The smallest absolute Gasteiger partial charge is 0.255 e. The van der Waals surface area contributed by atoms with Gasteiger partial charge in [0.2, 0.25) is 0 Å². The molecule has 0 saturated carbocycles. The molecule has 1 aromatic carbocycles. The molecule has 0 bridgehead atoms. The van der Waals surface area contributed by atoms with E-state index in [1.54, 1.807) is 24.3 Å². The number of carbonyl (C=O) groups is 2. The molecule has 2 rings (SSSR count). The van der Waals surface area contributed by atoms with Crippen molar-refractivity contribution in [2.24, 2.45) is 11.5 Å². The first-order valence-corrected chi connectivity index (χ1v) is 6.64. The van der Waals surface area contributed by atoms with Crippen molar-refractivity contribution < 1.29 is 14.3 Å². The van der Waals surface area contributed by atoms with Crippen LogP contribution in [0.25, 0.3) is 0 Å². The standard InChI is InChI=1S/C14H19N3O3/c15-8-11-2-1-7-17(11)14(19)10-3-5-12(6-4-10)20-9-13(16)18/h3-6,11H,1-2,7-9,15H2,(H2,16,18). The zero-order chi connectivity index (χ0) is 14.5. The van der Waals surface area contributed by atoms with Crippen molar-refractivity contribution in [2.45, 2.75) is 18.9 Å². The lowest BCUT2D eigenvalue weighted by molar-refractivity contribution is -0.119. The Morgan fingerprint density at radius 1 is 1.30 bits per heavy atom. The molecule has 20 heavy (non-hydrogen) atoms. The molecule has 4 N–H and O–H groups in total. The molecule has 1 aliphatic rings. The lowest BCUT2D eigenvalue weighted by atomic mass is 10.1. The number of hydrogen-bond acceptors (Lipinski definition) is 4. The van der Waals surface area contributed by atoms with Crippen LogP contribution in [0.4, 0.5) is 0 Å². The van der Waals surface area contributed by atoms with Crippen LogP contribution in [-0.2, 0) is 4.79 Å². The molecule has 0 spiro atoms. The van der Waals surface area contributed by atoms with Crippen LogP contribution in [0.15, 0.2) is 24.3 Å². The second-order valence-electron chi connectivity index (χ2n) is 4.81. The molecular weight excluding hydrogens is 258 g/mol. The fourth-order valence-corrected chi connectivity index (χ4v) is 2.36. The molecular formula is C14H19N3O3. The summed E-state index contributed by atoms with van der Waals surface area (Å²) < 4.78 is 5.15. The number of rotatable bonds is 5. The van der Waals surface area contributed by atoms with Gasteiger partial charge >= 0.3 is 0 Å². The van der Waals surface area contributed by atoms with E-state index < -0.39 is 5.91 Å². The summed E-state index contributed by atoms with van der Waals surface area (Å²) in [5.74, 6) is -0.0374. The number of carbonyl (C=O) groups excluding carboxylic acids is 2. The van der Waals surface area contributed by atoms with Crippen LogP contribution < -0.4 is 16.2 Å². The largest absolute Gasteiger partial charge is 0.484 e. The number of likely N-dealkylation sites (tertiary alicyclic amines) is 1. The summed E-state index contributed by atoms with van der Waals surface area (Å²) in [6, 6.07) is 6.82. The van der Waals surface area contributed by atoms with Gasteiger partial charge in [0, 0.05) is 24.7 Å². The SMILES string of the molecule is NCC1CCCN1C(=O)c1ccc(OCC(N)=O)cc1. The number of primary amides is 1. The van der Waals surface area contributed by atoms with Crippen molar-refractivity contribution in [1.29, 1.82) is 0 Å². The fourth-order valence-electron chi connectivity index (χ4n) is 2.36. The third-order valence-corrected chi connectivity index (χ3v) is 3.39. The summed E-state index contributed by atoms with van der Waals surface area (Å²) in [6.45, 7) is 1.07. The molecule has 1 aromatic rings. The minimum atomic E-state index is -0.534. The molecule has 0 aromatic heterocycles. The van der Waals surface area contributed by atoms with Crippen molar-refractivity contribution in [2.75, 3.05) is 19.7 Å². The number of nitrogens with zero attached hydrogens (tertiary/aromatic N) is 1. The van der Waals surface area contributed by atoms with Gasteiger partial charge in [-0.25, -0.2) is 0 Å². The first-order chi connectivity index (χ1) is 9.61. The molecule has 1 heterocycles. The summed E-state index contributed by atoms with van der Waals surface area (Å²) in [5.41, 5.74) is 11.3. The van der Waals surface area contributed by atoms with Gasteiger partial charge in [0.25, 0.3) is 11.8 Å². The minimum Gasteiger partial charge on any atom is -0.484 e. The first-order valence-electron chi connectivity index (χ1n) is 6.64. The van der Waals surface area contributed by atoms with Gasteiger partial charge in [-0.2, -0.15) is 0 Å². The molecule has 1 saturated heterocycles. The van der Waals surface area contributed by atoms with E-state index in [-0.39, 0.29) is 18.6 Å². The van der Waals surface area contributed by atoms with Crippen LogP contribution in [-0.4, -0.2) is 42.5 Å². The molecule has 1 unspecified atom stereocenters. The number of benzene rings is 1. The summed E-state index contributed by atoms with van der Waals surface area (Å²) in [5, 5.41) is 0. The zero-order valence-electron chi connectivity index (χ0n) is 11.2. The van der Waals surface area contributed by atoms with Gasteiger partial charge in [-0.1, -0.05) is 0 Å². The molecule has 1 atom stereocenters. The Bertz CT molecular complexity index is 487. The second-order valence-corrected chi connectivity index (χ2v) is 4.81. The first kappa shape index (κ1) is 14.3. The van der Waals surface area contributed by atoms with Crippen LogP contribution in [0.5, 0.6) is 5.75 Å². The van der Waals surface area contributed by atoms with Gasteiger partial charge < -0.3 is 21.1 Å². The van der Waals surface area contributed by atoms with Gasteiger partial charge in [0.05, 0.1) is 0 Å². The van der Waals surface area contributed by atoms with E-state index in [0.29, 0.717) is 17.9 Å². The second kappa shape index (κ2) is 6.38. The van der Waals surface area contributed by atoms with Crippen LogP contribution in [0.2, 0.25) is 0 Å². The quantitative estimate of drug-likeness (QED) is 0.798. The highest BCUT2D eigenvalue weighted by Gasteiger charge is 2.28. The summed E-state index contributed by atoms with van der Waals surface area (Å²) in [7, 11) is 0. The highest BCUT2D eigenvalue weighted by atomic mass is 16.5. The zero-order valence-corrected chi connectivity index (χ0v) is 11.2. The minimum absolute atomic E-state index is 0.0144. The fraction of sp³-hybridized carbons (Fsp3) is 0.429. The lowest BCUT2D eigenvalue weighted by Crippen LogP contribution is -2.39. The molecule has 0 radical (unpaired) electrons. The normalized spacial score (nSPS) is 18.1. The van der Waals surface area contributed by atoms with Gasteiger partial charge in [0.15, 0.2) is 6.61 Å². The van der Waals surface area contributed by atoms with E-state index in [2.05, 4.69) is 0 Å². The average molecular weight is 277 g/mol. The van der Waals surface area contributed by atoms with Gasteiger partial charge in [-0.15, -0.1) is 0 Å². The van der Waals surface area contributed by atoms with Gasteiger partial charge in [0.1, 0.15) is 5.75 Å². The van der Waals surface area contributed by atoms with Crippen molar-refractivity contribution in [3.63, 3.8) is 0 Å². The maximum atomic E-state index is 12.3. The molecule has 6 heteroatoms. The topological polar surface area (TPSA) is 98.7 Å². The Labute approximate surface area is 117 Å². The lowest BCUT2D eigenvalue weighted by Gasteiger charge is -2.23. The molecule has 6 nitrogen and oxygen atoms in total. The van der Waals surface area contributed by atoms with E-state index in [0.717, 1.165) is 19.4 Å². The van der Waals surface area contributed by atoms with E-state index in [9.17, 15) is 9.59 Å². The number of ether oxygens (including phenoxy) is 1. The molecule has 1 fully saturated rings. The maximum absolute atomic E-state index is 12.3. The van der Waals surface area contributed by atoms with Crippen molar-refractivity contribution in [3.05, 3.63) is 29.8 Å². The van der Waals surface area contributed by atoms with Crippen LogP contribution in [0.1, 0.15) is 23.2 Å². The van der Waals surface area contributed by atoms with E-state index in [1.165, 1.54) is 0 Å². The van der Waals surface area contributed by atoms with Crippen LogP contribution in [0.3, 0.4) is 0 Å². The van der Waals surface area contributed by atoms with E-state index in [4.69, 9.17) is 16.2 Å². The van der Waals surface area contributed by atoms with Gasteiger partial charge in [-0.05, 0) is 37.1 Å². The number of amides is 2. The summed E-state index contributed by atoms with van der Waals surface area (Å²) in [6.07, 6.45) is 1.95. The highest BCUT2D eigenvalue weighted by Crippen LogP contribution is 2.20. The Morgan fingerprint density at radius 3 is 2.60 bits per heavy atom. The third-order valence-electron chi connectivity index (χ3n) is 3.39. The van der Waals surface area contributed by atoms with E-state index in [1.807, 2.05) is 4.90 Å². The van der Waals surface area contributed by atoms with Crippen LogP contribution >= 0.6 is 0 Å². The summed E-state index contributed by atoms with van der Waals surface area (Å²) in [4.78, 5) is 24.8. The van der Waals surface area contributed by atoms with Crippen LogP contribution in [0, 0.1) is 0 Å². The molecule has 0 aliphatic carbocycles. The third kappa shape index (κ3) is 3.27. The monoisotopic (exact) mass is 277 g/mol. The Balaban J connectivity index is 2.02.